The van der Waals surface area contributed by atoms with Crippen molar-refractivity contribution >= 4 is 51.7 Å². The number of carbonyl (C=O) groups is 2. The molecule has 1 fully saturated rings. The summed E-state index contributed by atoms with van der Waals surface area (Å²) in [5.41, 5.74) is 2.01. The number of nitrogens with zero attached hydrogens (tertiary/aromatic N) is 2. The molecule has 0 unspecified atom stereocenters. The second kappa shape index (κ2) is 10.0. The molecule has 1 N–H and O–H groups in total. The lowest BCUT2D eigenvalue weighted by Crippen LogP contribution is -2.37. The molecule has 1 saturated carbocycles. The molecule has 6 nitrogen and oxygen atoms in total. The van der Waals surface area contributed by atoms with E-state index in [1.54, 1.807) is 12.1 Å². The zero-order chi connectivity index (χ0) is 22.6. The summed E-state index contributed by atoms with van der Waals surface area (Å²) in [5.74, 6) is 0.287. The number of hydrogen-bond acceptors (Lipinski definition) is 7. The smallest absolute Gasteiger partial charge is 0.337 e. The molecule has 0 atom stereocenters. The van der Waals surface area contributed by atoms with Crippen molar-refractivity contribution in [2.75, 3.05) is 12.4 Å². The second-order valence-corrected chi connectivity index (χ2v) is 10.2. The highest BCUT2D eigenvalue weighted by Gasteiger charge is 2.43. The van der Waals surface area contributed by atoms with Crippen molar-refractivity contribution in [1.82, 2.24) is 10.2 Å². The predicted molar refractivity (Wildman–Crippen MR) is 127 cm³/mol. The standard InChI is InChI=1S/C23H22ClN3O3S2/c1-30-19(28)16-6-4-15(5-7-16)14-31-22-27-26-21(32-22)25-20(29)23(12-2-3-13-23)17-8-10-18(24)11-9-17/h4-11H,2-3,12-14H2,1H3,(H,25,26,29). The zero-order valence-electron chi connectivity index (χ0n) is 17.5. The maximum absolute atomic E-state index is 13.3. The fourth-order valence-electron chi connectivity index (χ4n) is 3.93. The highest BCUT2D eigenvalue weighted by molar-refractivity contribution is 8.00. The summed E-state index contributed by atoms with van der Waals surface area (Å²) >= 11 is 8.93. The normalized spacial score (nSPS) is 14.8. The van der Waals surface area contributed by atoms with E-state index >= 15 is 0 Å². The monoisotopic (exact) mass is 487 g/mol. The van der Waals surface area contributed by atoms with E-state index in [1.807, 2.05) is 36.4 Å². The van der Waals surface area contributed by atoms with Gasteiger partial charge in [0.25, 0.3) is 0 Å². The van der Waals surface area contributed by atoms with E-state index in [2.05, 4.69) is 15.5 Å². The zero-order valence-corrected chi connectivity index (χ0v) is 19.9. The molecule has 0 saturated heterocycles. The number of ether oxygens (including phenoxy) is 1. The molecule has 1 heterocycles. The number of nitrogens with one attached hydrogen (secondary N) is 1. The maximum Gasteiger partial charge on any atom is 0.337 e. The number of aromatic nitrogens is 2. The summed E-state index contributed by atoms with van der Waals surface area (Å²) in [6.45, 7) is 0. The van der Waals surface area contributed by atoms with Crippen LogP contribution < -0.4 is 5.32 Å². The molecule has 1 aromatic heterocycles. The van der Waals surface area contributed by atoms with Crippen molar-refractivity contribution < 1.29 is 14.3 Å². The molecule has 0 aliphatic heterocycles. The lowest BCUT2D eigenvalue weighted by molar-refractivity contribution is -0.121. The first kappa shape index (κ1) is 22.8. The lowest BCUT2D eigenvalue weighted by Gasteiger charge is -2.27. The lowest BCUT2D eigenvalue weighted by atomic mass is 9.78. The number of rotatable bonds is 7. The van der Waals surface area contributed by atoms with Crippen LogP contribution in [0.15, 0.2) is 52.9 Å². The third kappa shape index (κ3) is 4.98. The molecule has 0 radical (unpaired) electrons. The predicted octanol–water partition coefficient (Wildman–Crippen LogP) is 5.72. The van der Waals surface area contributed by atoms with E-state index < -0.39 is 5.41 Å². The molecular formula is C23H22ClN3O3S2. The van der Waals surface area contributed by atoms with Gasteiger partial charge in [0.1, 0.15) is 0 Å². The molecule has 0 bridgehead atoms. The van der Waals surface area contributed by atoms with Gasteiger partial charge in [0.2, 0.25) is 11.0 Å². The molecular weight excluding hydrogens is 466 g/mol. The number of hydrogen-bond donors (Lipinski definition) is 1. The molecule has 1 amide bonds. The van der Waals surface area contributed by atoms with Crippen molar-refractivity contribution in [2.24, 2.45) is 0 Å². The number of methoxy groups -OCH3 is 1. The molecule has 4 rings (SSSR count). The van der Waals surface area contributed by atoms with E-state index in [1.165, 1.54) is 30.2 Å². The first-order chi connectivity index (χ1) is 15.5. The van der Waals surface area contributed by atoms with E-state index in [4.69, 9.17) is 16.3 Å². The van der Waals surface area contributed by atoms with Gasteiger partial charge >= 0.3 is 5.97 Å². The van der Waals surface area contributed by atoms with Gasteiger partial charge in [0.15, 0.2) is 4.34 Å². The quantitative estimate of drug-likeness (QED) is 0.261. The number of carbonyl (C=O) groups excluding carboxylic acids is 2. The third-order valence-electron chi connectivity index (χ3n) is 5.65. The molecule has 1 aliphatic carbocycles. The van der Waals surface area contributed by atoms with E-state index in [9.17, 15) is 9.59 Å². The number of anilines is 1. The van der Waals surface area contributed by atoms with Crippen molar-refractivity contribution in [3.63, 3.8) is 0 Å². The number of benzene rings is 2. The highest BCUT2D eigenvalue weighted by Crippen LogP contribution is 2.42. The summed E-state index contributed by atoms with van der Waals surface area (Å²) in [7, 11) is 1.36. The highest BCUT2D eigenvalue weighted by atomic mass is 35.5. The molecule has 1 aliphatic rings. The number of esters is 1. The Bertz CT molecular complexity index is 1090. The van der Waals surface area contributed by atoms with Crippen LogP contribution in [-0.2, 0) is 20.7 Å². The van der Waals surface area contributed by atoms with Gasteiger partial charge < -0.3 is 4.74 Å². The van der Waals surface area contributed by atoms with Crippen LogP contribution in [0, 0.1) is 0 Å². The Hall–Kier alpha value is -2.42. The van der Waals surface area contributed by atoms with Crippen molar-refractivity contribution in [3.8, 4) is 0 Å². The minimum absolute atomic E-state index is 0.0385. The molecule has 0 spiro atoms. The third-order valence-corrected chi connectivity index (χ3v) is 7.95. The van der Waals surface area contributed by atoms with Crippen LogP contribution in [0.5, 0.6) is 0 Å². The average molecular weight is 488 g/mol. The van der Waals surface area contributed by atoms with Gasteiger partial charge in [-0.05, 0) is 48.2 Å². The topological polar surface area (TPSA) is 81.2 Å². The van der Waals surface area contributed by atoms with Gasteiger partial charge in [-0.1, -0.05) is 71.8 Å². The molecule has 3 aromatic rings. The summed E-state index contributed by atoms with van der Waals surface area (Å²) in [5, 5.41) is 12.5. The Kier molecular flexibility index (Phi) is 7.13. The van der Waals surface area contributed by atoms with Gasteiger partial charge in [0, 0.05) is 10.8 Å². The van der Waals surface area contributed by atoms with Crippen molar-refractivity contribution in [2.45, 2.75) is 41.2 Å². The number of thioether (sulfide) groups is 1. The first-order valence-corrected chi connectivity index (χ1v) is 12.4. The number of halogens is 1. The summed E-state index contributed by atoms with van der Waals surface area (Å²) in [6, 6.07) is 14.8. The minimum Gasteiger partial charge on any atom is -0.465 e. The van der Waals surface area contributed by atoms with Crippen LogP contribution in [0.25, 0.3) is 0 Å². The van der Waals surface area contributed by atoms with E-state index in [0.29, 0.717) is 21.5 Å². The van der Waals surface area contributed by atoms with E-state index in [0.717, 1.165) is 41.1 Å². The Labute approximate surface area is 199 Å². The SMILES string of the molecule is COC(=O)c1ccc(CSc2nnc(NC(=O)C3(c4ccc(Cl)cc4)CCCC3)s2)cc1. The summed E-state index contributed by atoms with van der Waals surface area (Å²) < 4.78 is 5.48. The van der Waals surface area contributed by atoms with Gasteiger partial charge in [-0.25, -0.2) is 4.79 Å². The molecule has 2 aromatic carbocycles. The van der Waals surface area contributed by atoms with Crippen LogP contribution in [0.1, 0.15) is 47.2 Å². The Morgan fingerprint density at radius 3 is 2.44 bits per heavy atom. The molecule has 166 valence electrons. The largest absolute Gasteiger partial charge is 0.465 e. The van der Waals surface area contributed by atoms with Crippen molar-refractivity contribution in [1.29, 1.82) is 0 Å². The number of amides is 1. The fraction of sp³-hybridized carbons (Fsp3) is 0.304. The average Bonchev–Trinajstić information content (AvgIpc) is 3.48. The second-order valence-electron chi connectivity index (χ2n) is 7.60. The Balaban J connectivity index is 1.39. The molecule has 32 heavy (non-hydrogen) atoms. The van der Waals surface area contributed by atoms with E-state index in [-0.39, 0.29) is 11.9 Å². The van der Waals surface area contributed by atoms with Crippen LogP contribution in [0.2, 0.25) is 5.02 Å². The first-order valence-electron chi connectivity index (χ1n) is 10.2. The van der Waals surface area contributed by atoms with Crippen molar-refractivity contribution in [3.05, 3.63) is 70.2 Å². The maximum atomic E-state index is 13.3. The summed E-state index contributed by atoms with van der Waals surface area (Å²) in [4.78, 5) is 24.8. The Morgan fingerprint density at radius 2 is 1.78 bits per heavy atom. The fourth-order valence-corrected chi connectivity index (χ4v) is 5.76. The minimum atomic E-state index is -0.551. The van der Waals surface area contributed by atoms with Crippen LogP contribution in [-0.4, -0.2) is 29.2 Å². The Morgan fingerprint density at radius 1 is 1.09 bits per heavy atom. The van der Waals surface area contributed by atoms with Crippen LogP contribution >= 0.6 is 34.7 Å². The van der Waals surface area contributed by atoms with Crippen LogP contribution in [0.3, 0.4) is 0 Å². The summed E-state index contributed by atoms with van der Waals surface area (Å²) in [6.07, 6.45) is 3.65. The van der Waals surface area contributed by atoms with Gasteiger partial charge in [-0.3, -0.25) is 10.1 Å². The van der Waals surface area contributed by atoms with Gasteiger partial charge in [-0.2, -0.15) is 0 Å². The van der Waals surface area contributed by atoms with Crippen LogP contribution in [0.4, 0.5) is 5.13 Å². The van der Waals surface area contributed by atoms with Gasteiger partial charge in [0.05, 0.1) is 18.1 Å². The van der Waals surface area contributed by atoms with Gasteiger partial charge in [-0.15, -0.1) is 10.2 Å². The molecule has 9 heteroatoms.